The van der Waals surface area contributed by atoms with Crippen molar-refractivity contribution in [2.75, 3.05) is 0 Å². The number of benzene rings is 1. The van der Waals surface area contributed by atoms with Crippen LogP contribution in [0.2, 0.25) is 0 Å². The molecule has 0 saturated heterocycles. The summed E-state index contributed by atoms with van der Waals surface area (Å²) in [7, 11) is 0. The maximum atomic E-state index is 12.4. The Hall–Kier alpha value is -1.33. The van der Waals surface area contributed by atoms with Crippen LogP contribution in [0, 0.1) is 5.82 Å². The Balaban J connectivity index is 3.32. The third kappa shape index (κ3) is 2.08. The largest absolute Gasteiger partial charge is 0.510 e. The van der Waals surface area contributed by atoms with Crippen LogP contribution in [0.4, 0.5) is 17.3 Å². The van der Waals surface area contributed by atoms with Crippen LogP contribution in [0.3, 0.4) is 0 Å². The summed E-state index contributed by atoms with van der Waals surface area (Å²) in [5, 5.41) is 0. The lowest BCUT2D eigenvalue weighted by atomic mass is 9.77. The minimum atomic E-state index is -5.33. The maximum Gasteiger partial charge on any atom is 0.510 e. The molecule has 0 amide bonds. The van der Waals surface area contributed by atoms with Crippen molar-refractivity contribution in [3.05, 3.63) is 29.6 Å². The summed E-state index contributed by atoms with van der Waals surface area (Å²) in [5.41, 5.74) is -1.72. The predicted octanol–water partition coefficient (Wildman–Crippen LogP) is 1.69. The van der Waals surface area contributed by atoms with E-state index in [0.717, 1.165) is 12.1 Å². The highest BCUT2D eigenvalue weighted by atomic mass is 19.4. The molecule has 1 aromatic carbocycles. The van der Waals surface area contributed by atoms with E-state index in [1.165, 1.54) is 0 Å². The van der Waals surface area contributed by atoms with Gasteiger partial charge >= 0.3 is 6.98 Å². The van der Waals surface area contributed by atoms with Crippen molar-refractivity contribution in [2.24, 2.45) is 0 Å². The quantitative estimate of drug-likeness (QED) is 0.394. The Bertz CT molecular complexity index is 334. The van der Waals surface area contributed by atoms with Gasteiger partial charge in [-0.3, -0.25) is 4.79 Å². The van der Waals surface area contributed by atoms with Crippen LogP contribution in [-0.2, 0) is 0 Å². The first-order valence-electron chi connectivity index (χ1n) is 3.39. The lowest BCUT2D eigenvalue weighted by molar-refractivity contribution is 0.112. The highest BCUT2D eigenvalue weighted by Gasteiger charge is 2.28. The van der Waals surface area contributed by atoms with E-state index in [1.54, 1.807) is 0 Å². The molecule has 70 valence electrons. The molecule has 0 N–H and O–H groups in total. The molecule has 1 aromatic rings. The average Bonchev–Trinajstić information content (AvgIpc) is 2.03. The monoisotopic (exact) mass is 191 g/mol. The van der Waals surface area contributed by atoms with Gasteiger partial charge < -0.3 is 12.9 Å². The fourth-order valence-electron chi connectivity index (χ4n) is 0.936. The Morgan fingerprint density at radius 3 is 2.31 bits per heavy atom. The van der Waals surface area contributed by atoms with Crippen molar-refractivity contribution < 1.29 is 22.1 Å². The molecule has 0 spiro atoms. The zero-order valence-corrected chi connectivity index (χ0v) is 6.31. The molecular weight excluding hydrogens is 187 g/mol. The van der Waals surface area contributed by atoms with Crippen LogP contribution in [0.25, 0.3) is 0 Å². The average molecular weight is 191 g/mol. The number of hydrogen-bond donors (Lipinski definition) is 0. The second-order valence-corrected chi connectivity index (χ2v) is 2.47. The highest BCUT2D eigenvalue weighted by molar-refractivity contribution is 6.74. The standard InChI is InChI=1S/C7H4BF4O/c9-6-2-1-5(4-13)7(3-6)8(10,11)12/h1-4H/q-1. The van der Waals surface area contributed by atoms with E-state index in [1.807, 2.05) is 0 Å². The van der Waals surface area contributed by atoms with Gasteiger partial charge in [0.2, 0.25) is 0 Å². The fourth-order valence-corrected chi connectivity index (χ4v) is 0.936. The molecule has 0 heterocycles. The second kappa shape index (κ2) is 3.20. The molecule has 0 aromatic heterocycles. The SMILES string of the molecule is O=Cc1ccc(F)cc1[B-](F)(F)F. The number of rotatable bonds is 2. The van der Waals surface area contributed by atoms with Crippen molar-refractivity contribution in [1.29, 1.82) is 0 Å². The van der Waals surface area contributed by atoms with Gasteiger partial charge in [-0.05, 0) is 11.6 Å². The van der Waals surface area contributed by atoms with E-state index < -0.39 is 23.8 Å². The number of halogens is 4. The third-order valence-corrected chi connectivity index (χ3v) is 1.53. The van der Waals surface area contributed by atoms with E-state index in [9.17, 15) is 22.1 Å². The van der Waals surface area contributed by atoms with Crippen LogP contribution in [0.5, 0.6) is 0 Å². The summed E-state index contributed by atoms with van der Waals surface area (Å²) >= 11 is 0. The Kier molecular flexibility index (Phi) is 2.40. The summed E-state index contributed by atoms with van der Waals surface area (Å²) in [6.45, 7) is -5.33. The molecule has 0 aliphatic carbocycles. The van der Waals surface area contributed by atoms with Crippen LogP contribution in [0.15, 0.2) is 18.2 Å². The summed E-state index contributed by atoms with van der Waals surface area (Å²) in [6.07, 6.45) is 0.0595. The minimum absolute atomic E-state index is 0.0595. The van der Waals surface area contributed by atoms with Gasteiger partial charge in [-0.2, -0.15) is 0 Å². The van der Waals surface area contributed by atoms with Crippen molar-refractivity contribution in [3.8, 4) is 0 Å². The van der Waals surface area contributed by atoms with E-state index in [0.29, 0.717) is 6.07 Å². The van der Waals surface area contributed by atoms with E-state index in [4.69, 9.17) is 0 Å². The Labute approximate surface area is 71.4 Å². The molecule has 0 radical (unpaired) electrons. The molecule has 0 unspecified atom stereocenters. The number of hydrogen-bond acceptors (Lipinski definition) is 1. The fraction of sp³-hybridized carbons (Fsp3) is 0. The van der Waals surface area contributed by atoms with Crippen molar-refractivity contribution in [1.82, 2.24) is 0 Å². The van der Waals surface area contributed by atoms with Crippen LogP contribution in [-0.4, -0.2) is 13.3 Å². The summed E-state index contributed by atoms with van der Waals surface area (Å²) in [5.74, 6) is -1.00. The van der Waals surface area contributed by atoms with E-state index in [2.05, 4.69) is 0 Å². The van der Waals surface area contributed by atoms with Gasteiger partial charge in [0.15, 0.2) is 0 Å². The number of carbonyl (C=O) groups excluding carboxylic acids is 1. The molecule has 0 atom stereocenters. The maximum absolute atomic E-state index is 12.4. The van der Waals surface area contributed by atoms with Crippen LogP contribution in [0.1, 0.15) is 10.4 Å². The summed E-state index contributed by atoms with van der Waals surface area (Å²) in [4.78, 5) is 10.2. The molecule has 0 aliphatic rings. The van der Waals surface area contributed by atoms with Gasteiger partial charge in [-0.15, -0.1) is 0 Å². The first kappa shape index (κ1) is 9.76. The van der Waals surface area contributed by atoms with Gasteiger partial charge in [0.25, 0.3) is 0 Å². The lowest BCUT2D eigenvalue weighted by Crippen LogP contribution is -2.37. The molecular formula is C7H4BF4O-. The molecule has 6 heteroatoms. The first-order valence-corrected chi connectivity index (χ1v) is 3.39. The third-order valence-electron chi connectivity index (χ3n) is 1.53. The molecule has 0 bridgehead atoms. The lowest BCUT2D eigenvalue weighted by Gasteiger charge is -2.16. The predicted molar refractivity (Wildman–Crippen MR) is 40.5 cm³/mol. The number of aldehydes is 1. The zero-order chi connectivity index (χ0) is 10.1. The normalized spacial score (nSPS) is 11.4. The Morgan fingerprint density at radius 1 is 1.23 bits per heavy atom. The second-order valence-electron chi connectivity index (χ2n) is 2.47. The molecule has 0 aliphatic heterocycles. The van der Waals surface area contributed by atoms with Crippen molar-refractivity contribution in [3.63, 3.8) is 0 Å². The molecule has 0 saturated carbocycles. The zero-order valence-electron chi connectivity index (χ0n) is 6.31. The van der Waals surface area contributed by atoms with Crippen molar-refractivity contribution in [2.45, 2.75) is 0 Å². The van der Waals surface area contributed by atoms with Crippen LogP contribution >= 0.6 is 0 Å². The summed E-state index contributed by atoms with van der Waals surface area (Å²) in [6, 6.07) is 1.95. The van der Waals surface area contributed by atoms with Crippen LogP contribution < -0.4 is 5.46 Å². The molecule has 13 heavy (non-hydrogen) atoms. The molecule has 0 fully saturated rings. The molecule has 1 rings (SSSR count). The van der Waals surface area contributed by atoms with Gasteiger partial charge in [-0.1, -0.05) is 17.6 Å². The van der Waals surface area contributed by atoms with Gasteiger partial charge in [0.05, 0.1) is 0 Å². The topological polar surface area (TPSA) is 17.1 Å². The first-order chi connectivity index (χ1) is 5.95. The highest BCUT2D eigenvalue weighted by Crippen LogP contribution is 2.12. The van der Waals surface area contributed by atoms with Gasteiger partial charge in [0.1, 0.15) is 12.1 Å². The van der Waals surface area contributed by atoms with E-state index in [-0.39, 0.29) is 6.29 Å². The minimum Gasteiger partial charge on any atom is -0.445 e. The summed E-state index contributed by atoms with van der Waals surface area (Å²) < 4.78 is 48.9. The van der Waals surface area contributed by atoms with Gasteiger partial charge in [0, 0.05) is 0 Å². The van der Waals surface area contributed by atoms with E-state index >= 15 is 0 Å². The van der Waals surface area contributed by atoms with Gasteiger partial charge in [-0.25, -0.2) is 4.39 Å². The van der Waals surface area contributed by atoms with Crippen molar-refractivity contribution >= 4 is 18.7 Å². The smallest absolute Gasteiger partial charge is 0.445 e. The number of carbonyl (C=O) groups is 1. The Morgan fingerprint density at radius 2 is 1.85 bits per heavy atom. The molecule has 1 nitrogen and oxygen atoms in total.